The molecule has 0 saturated carbocycles. The standard InChI is InChI=1S/C14H17NO4S/c16-20(17)9-12(15-6-1-2-7-15)10-3-4-13-11(5-8-18-13)14(10)19-20/h5,8,12H,1-4,6-7,9H2. The van der Waals surface area contributed by atoms with Crippen LogP contribution in [-0.2, 0) is 20.7 Å². The van der Waals surface area contributed by atoms with Crippen molar-refractivity contribution in [3.63, 3.8) is 0 Å². The number of hydrogen-bond acceptors (Lipinski definition) is 5. The highest BCUT2D eigenvalue weighted by atomic mass is 32.2. The van der Waals surface area contributed by atoms with Crippen molar-refractivity contribution in [1.82, 2.24) is 4.90 Å². The van der Waals surface area contributed by atoms with Crippen molar-refractivity contribution in [1.29, 1.82) is 0 Å². The van der Waals surface area contributed by atoms with Crippen molar-refractivity contribution in [2.45, 2.75) is 31.7 Å². The predicted octanol–water partition coefficient (Wildman–Crippen LogP) is 1.76. The van der Waals surface area contributed by atoms with Gasteiger partial charge in [-0.3, -0.25) is 4.90 Å². The zero-order valence-electron chi connectivity index (χ0n) is 11.2. The molecule has 3 aliphatic rings. The molecule has 0 aromatic carbocycles. The molecule has 108 valence electrons. The van der Waals surface area contributed by atoms with Gasteiger partial charge in [-0.05, 0) is 44.0 Å². The Labute approximate surface area is 118 Å². The van der Waals surface area contributed by atoms with Crippen molar-refractivity contribution in [3.05, 3.63) is 29.2 Å². The molecule has 1 aliphatic carbocycles. The summed E-state index contributed by atoms with van der Waals surface area (Å²) in [5, 5.41) is 0. The Hall–Kier alpha value is -1.27. The molecule has 5 nitrogen and oxygen atoms in total. The quantitative estimate of drug-likeness (QED) is 0.739. The first kappa shape index (κ1) is 12.5. The number of likely N-dealkylation sites (tertiary alicyclic amines) is 1. The number of rotatable bonds is 1. The molecular weight excluding hydrogens is 278 g/mol. The van der Waals surface area contributed by atoms with E-state index < -0.39 is 10.1 Å². The monoisotopic (exact) mass is 295 g/mol. The average Bonchev–Trinajstić information content (AvgIpc) is 3.08. The highest BCUT2D eigenvalue weighted by Crippen LogP contribution is 2.40. The zero-order valence-corrected chi connectivity index (χ0v) is 12.0. The van der Waals surface area contributed by atoms with Gasteiger partial charge in [0.2, 0.25) is 0 Å². The second-order valence-electron chi connectivity index (χ2n) is 5.68. The van der Waals surface area contributed by atoms with Gasteiger partial charge >= 0.3 is 10.1 Å². The van der Waals surface area contributed by atoms with Crippen LogP contribution in [0.1, 0.15) is 30.6 Å². The number of hydrogen-bond donors (Lipinski definition) is 0. The van der Waals surface area contributed by atoms with Crippen molar-refractivity contribution in [2.24, 2.45) is 0 Å². The number of fused-ring (bicyclic) bond motifs is 2. The summed E-state index contributed by atoms with van der Waals surface area (Å²) in [7, 11) is -3.50. The molecule has 20 heavy (non-hydrogen) atoms. The molecule has 0 N–H and O–H groups in total. The maximum atomic E-state index is 12.1. The van der Waals surface area contributed by atoms with Crippen LogP contribution in [0.25, 0.3) is 5.76 Å². The van der Waals surface area contributed by atoms with Crippen molar-refractivity contribution < 1.29 is 17.0 Å². The Morgan fingerprint density at radius 3 is 2.80 bits per heavy atom. The van der Waals surface area contributed by atoms with Crippen molar-refractivity contribution >= 4 is 15.9 Å². The average molecular weight is 295 g/mol. The molecular formula is C14H17NO4S. The smallest absolute Gasteiger partial charge is 0.311 e. The summed E-state index contributed by atoms with van der Waals surface area (Å²) in [4.78, 5) is 2.29. The summed E-state index contributed by atoms with van der Waals surface area (Å²) in [6, 6.07) is 1.79. The topological polar surface area (TPSA) is 59.8 Å². The van der Waals surface area contributed by atoms with E-state index in [1.165, 1.54) is 0 Å². The second kappa shape index (κ2) is 4.36. The van der Waals surface area contributed by atoms with Gasteiger partial charge in [0.1, 0.15) is 11.5 Å². The molecule has 3 heterocycles. The lowest BCUT2D eigenvalue weighted by atomic mass is 9.91. The molecule has 1 saturated heterocycles. The van der Waals surface area contributed by atoms with Gasteiger partial charge in [-0.1, -0.05) is 0 Å². The van der Waals surface area contributed by atoms with Crippen molar-refractivity contribution in [3.8, 4) is 0 Å². The molecule has 6 heteroatoms. The Morgan fingerprint density at radius 2 is 2.00 bits per heavy atom. The van der Waals surface area contributed by atoms with Gasteiger partial charge in [0, 0.05) is 6.42 Å². The summed E-state index contributed by atoms with van der Waals surface area (Å²) in [5.41, 5.74) is 1.95. The van der Waals surface area contributed by atoms with E-state index in [1.54, 1.807) is 6.26 Å². The second-order valence-corrected chi connectivity index (χ2v) is 7.29. The first-order valence-corrected chi connectivity index (χ1v) is 8.68. The van der Waals surface area contributed by atoms with Crippen molar-refractivity contribution in [2.75, 3.05) is 18.8 Å². The van der Waals surface area contributed by atoms with Crippen LogP contribution in [0.4, 0.5) is 0 Å². The largest absolute Gasteiger partial charge is 0.469 e. The summed E-state index contributed by atoms with van der Waals surface area (Å²) in [5.74, 6) is 1.45. The Balaban J connectivity index is 1.82. The Bertz CT molecular complexity index is 667. The first-order chi connectivity index (χ1) is 9.64. The molecule has 1 aromatic rings. The maximum absolute atomic E-state index is 12.1. The molecule has 1 aromatic heterocycles. The minimum absolute atomic E-state index is 0.0192. The third-order valence-corrected chi connectivity index (χ3v) is 5.60. The fraction of sp³-hybridized carbons (Fsp3) is 0.571. The summed E-state index contributed by atoms with van der Waals surface area (Å²) < 4.78 is 34.9. The van der Waals surface area contributed by atoms with E-state index in [0.717, 1.165) is 55.7 Å². The first-order valence-electron chi connectivity index (χ1n) is 7.10. The van der Waals surface area contributed by atoms with E-state index in [0.29, 0.717) is 5.76 Å². The van der Waals surface area contributed by atoms with Crippen LogP contribution in [0.15, 0.2) is 22.3 Å². The summed E-state index contributed by atoms with van der Waals surface area (Å²) in [6.45, 7) is 1.96. The van der Waals surface area contributed by atoms with Gasteiger partial charge in [0.25, 0.3) is 0 Å². The number of aryl methyl sites for hydroxylation is 1. The number of furan rings is 1. The van der Waals surface area contributed by atoms with E-state index in [-0.39, 0.29) is 11.8 Å². The highest BCUT2D eigenvalue weighted by molar-refractivity contribution is 7.87. The third kappa shape index (κ3) is 1.90. The van der Waals surface area contributed by atoms with Gasteiger partial charge in [-0.2, -0.15) is 8.42 Å². The van der Waals surface area contributed by atoms with Crippen LogP contribution < -0.4 is 0 Å². The van der Waals surface area contributed by atoms with Gasteiger partial charge in [-0.25, -0.2) is 0 Å². The molecule has 0 radical (unpaired) electrons. The maximum Gasteiger partial charge on any atom is 0.311 e. The van der Waals surface area contributed by atoms with Crippen LogP contribution >= 0.6 is 0 Å². The molecule has 1 atom stereocenters. The third-order valence-electron chi connectivity index (χ3n) is 4.46. The van der Waals surface area contributed by atoms with Gasteiger partial charge in [-0.15, -0.1) is 0 Å². The summed E-state index contributed by atoms with van der Waals surface area (Å²) in [6.07, 6.45) is 5.56. The minimum atomic E-state index is -3.50. The lowest BCUT2D eigenvalue weighted by Crippen LogP contribution is -2.44. The van der Waals surface area contributed by atoms with Gasteiger partial charge in [0.15, 0.2) is 5.76 Å². The minimum Gasteiger partial charge on any atom is -0.469 e. The SMILES string of the molecule is O=S1(=O)CC(N2CCCC2)C2=C(O1)c1ccoc1CC2. The molecule has 1 unspecified atom stereocenters. The van der Waals surface area contributed by atoms with Crippen LogP contribution in [0.3, 0.4) is 0 Å². The predicted molar refractivity (Wildman–Crippen MR) is 73.4 cm³/mol. The fourth-order valence-corrected chi connectivity index (χ4v) is 4.84. The van der Waals surface area contributed by atoms with Crippen LogP contribution in [0.5, 0.6) is 0 Å². The van der Waals surface area contributed by atoms with Gasteiger partial charge in [0.05, 0.1) is 17.9 Å². The molecule has 0 amide bonds. The molecule has 2 aliphatic heterocycles. The lowest BCUT2D eigenvalue weighted by Gasteiger charge is -2.35. The molecule has 4 rings (SSSR count). The Morgan fingerprint density at radius 1 is 1.20 bits per heavy atom. The van der Waals surface area contributed by atoms with E-state index in [4.69, 9.17) is 8.60 Å². The summed E-state index contributed by atoms with van der Waals surface area (Å²) >= 11 is 0. The highest BCUT2D eigenvalue weighted by Gasteiger charge is 2.40. The Kier molecular flexibility index (Phi) is 2.72. The molecule has 1 fully saturated rings. The molecule has 0 bridgehead atoms. The zero-order chi connectivity index (χ0) is 13.7. The van der Waals surface area contributed by atoms with E-state index in [1.807, 2.05) is 6.07 Å². The van der Waals surface area contributed by atoms with Gasteiger partial charge < -0.3 is 8.60 Å². The van der Waals surface area contributed by atoms with Crippen LogP contribution in [0, 0.1) is 0 Å². The van der Waals surface area contributed by atoms with E-state index >= 15 is 0 Å². The normalized spacial score (nSPS) is 28.9. The number of nitrogens with zero attached hydrogens (tertiary/aromatic N) is 1. The van der Waals surface area contributed by atoms with E-state index in [9.17, 15) is 8.42 Å². The van der Waals surface area contributed by atoms with Crippen LogP contribution in [0.2, 0.25) is 0 Å². The molecule has 0 spiro atoms. The lowest BCUT2D eigenvalue weighted by molar-refractivity contribution is 0.269. The van der Waals surface area contributed by atoms with E-state index in [2.05, 4.69) is 4.90 Å². The fourth-order valence-electron chi connectivity index (χ4n) is 3.52. The van der Waals surface area contributed by atoms with Crippen LogP contribution in [-0.4, -0.2) is 38.2 Å².